The first kappa shape index (κ1) is 21.3. The molecule has 0 saturated carbocycles. The molecule has 1 N–H and O–H groups in total. The zero-order chi connectivity index (χ0) is 20.5. The van der Waals surface area contributed by atoms with Gasteiger partial charge < -0.3 is 14.8 Å². The minimum Gasteiger partial charge on any atom is -0.479 e. The van der Waals surface area contributed by atoms with Gasteiger partial charge in [0.2, 0.25) is 0 Å². The van der Waals surface area contributed by atoms with Crippen molar-refractivity contribution in [3.8, 4) is 11.2 Å². The lowest BCUT2D eigenvalue weighted by molar-refractivity contribution is -0.154. The van der Waals surface area contributed by atoms with E-state index in [4.69, 9.17) is 14.7 Å². The summed E-state index contributed by atoms with van der Waals surface area (Å²) < 4.78 is 10.7. The molecule has 0 aliphatic rings. The summed E-state index contributed by atoms with van der Waals surface area (Å²) in [5.74, 6) is -0.456. The van der Waals surface area contributed by atoms with Crippen LogP contribution in [0.3, 0.4) is 0 Å². The Kier molecular flexibility index (Phi) is 7.90. The molecule has 0 aliphatic heterocycles. The molecule has 0 bridgehead atoms. The smallest absolute Gasteiger partial charge is 0.347 e. The zero-order valence-corrected chi connectivity index (χ0v) is 16.8. The maximum Gasteiger partial charge on any atom is 0.347 e. The fraction of sp³-hybridized carbons (Fsp3) is 0.286. The van der Waals surface area contributed by atoms with Crippen LogP contribution in [0.5, 0.6) is 5.75 Å². The van der Waals surface area contributed by atoms with Crippen molar-refractivity contribution >= 4 is 29.3 Å². The van der Waals surface area contributed by atoms with Gasteiger partial charge in [0.05, 0.1) is 0 Å². The number of ether oxygens (including phenoxy) is 2. The van der Waals surface area contributed by atoms with Gasteiger partial charge in [-0.2, -0.15) is 5.26 Å². The Morgan fingerprint density at radius 2 is 1.82 bits per heavy atom. The van der Waals surface area contributed by atoms with E-state index in [0.29, 0.717) is 17.9 Å². The first-order valence-electron chi connectivity index (χ1n) is 8.80. The number of hydrogen-bond acceptors (Lipinski definition) is 6. The van der Waals surface area contributed by atoms with E-state index in [2.05, 4.69) is 5.32 Å². The largest absolute Gasteiger partial charge is 0.479 e. The van der Waals surface area contributed by atoms with Crippen molar-refractivity contribution in [2.75, 3.05) is 11.9 Å². The summed E-state index contributed by atoms with van der Waals surface area (Å²) in [6.07, 6.45) is -0.355. The number of nitrogens with one attached hydrogen (secondary N) is 1. The summed E-state index contributed by atoms with van der Waals surface area (Å²) in [7, 11) is 0. The molecule has 0 saturated heterocycles. The molecule has 0 unspecified atom stereocenters. The predicted molar refractivity (Wildman–Crippen MR) is 108 cm³/mol. The van der Waals surface area contributed by atoms with E-state index in [9.17, 15) is 9.59 Å². The second-order valence-corrected chi connectivity index (χ2v) is 6.97. The molecule has 1 amide bonds. The van der Waals surface area contributed by atoms with Crippen molar-refractivity contribution in [1.82, 2.24) is 0 Å². The summed E-state index contributed by atoms with van der Waals surface area (Å²) in [6, 6.07) is 12.6. The topological polar surface area (TPSA) is 88.4 Å². The molecule has 0 aromatic heterocycles. The van der Waals surface area contributed by atoms with Crippen LogP contribution >= 0.6 is 11.8 Å². The SMILES string of the molecule is CC[C@@H](Oc1ccccc1)C(=O)OCC(=O)Nc1c(C)cc(SC#N)cc1C. The van der Waals surface area contributed by atoms with Gasteiger partial charge in [0.15, 0.2) is 12.7 Å². The van der Waals surface area contributed by atoms with Crippen LogP contribution < -0.4 is 10.1 Å². The van der Waals surface area contributed by atoms with E-state index in [0.717, 1.165) is 27.8 Å². The van der Waals surface area contributed by atoms with Crippen molar-refractivity contribution in [3.05, 3.63) is 53.6 Å². The minimum absolute atomic E-state index is 0.402. The number of hydrogen-bond donors (Lipinski definition) is 1. The van der Waals surface area contributed by atoms with Gasteiger partial charge >= 0.3 is 5.97 Å². The van der Waals surface area contributed by atoms with Crippen LogP contribution in [0.2, 0.25) is 0 Å². The van der Waals surface area contributed by atoms with E-state index >= 15 is 0 Å². The lowest BCUT2D eigenvalue weighted by Gasteiger charge is -2.17. The molecule has 1 atom stereocenters. The Labute approximate surface area is 168 Å². The van der Waals surface area contributed by atoms with E-state index in [1.54, 1.807) is 12.1 Å². The van der Waals surface area contributed by atoms with Crippen molar-refractivity contribution in [1.29, 1.82) is 5.26 Å². The lowest BCUT2D eigenvalue weighted by Crippen LogP contribution is -2.31. The van der Waals surface area contributed by atoms with E-state index in [1.165, 1.54) is 0 Å². The molecule has 146 valence electrons. The van der Waals surface area contributed by atoms with Crippen LogP contribution in [0.25, 0.3) is 0 Å². The Bertz CT molecular complexity index is 855. The highest BCUT2D eigenvalue weighted by Gasteiger charge is 2.21. The number of carbonyl (C=O) groups is 2. The second-order valence-electron chi connectivity index (χ2n) is 6.11. The number of amides is 1. The number of aryl methyl sites for hydroxylation is 2. The van der Waals surface area contributed by atoms with Crippen LogP contribution in [0, 0.1) is 24.5 Å². The Morgan fingerprint density at radius 1 is 1.18 bits per heavy atom. The van der Waals surface area contributed by atoms with Gasteiger partial charge in [-0.1, -0.05) is 25.1 Å². The minimum atomic E-state index is -0.777. The van der Waals surface area contributed by atoms with Gasteiger partial charge in [-0.3, -0.25) is 4.79 Å². The van der Waals surface area contributed by atoms with Crippen LogP contribution in [-0.4, -0.2) is 24.6 Å². The summed E-state index contributed by atoms with van der Waals surface area (Å²) in [4.78, 5) is 25.3. The zero-order valence-electron chi connectivity index (χ0n) is 16.0. The molecule has 2 rings (SSSR count). The molecule has 0 fully saturated rings. The highest BCUT2D eigenvalue weighted by molar-refractivity contribution is 8.03. The van der Waals surface area contributed by atoms with Crippen LogP contribution in [-0.2, 0) is 14.3 Å². The molecule has 0 aliphatic carbocycles. The van der Waals surface area contributed by atoms with Gasteiger partial charge in [-0.25, -0.2) is 4.79 Å². The van der Waals surface area contributed by atoms with Gasteiger partial charge in [0, 0.05) is 10.6 Å². The molecule has 0 spiro atoms. The fourth-order valence-corrected chi connectivity index (χ4v) is 3.18. The first-order chi connectivity index (χ1) is 13.4. The highest BCUT2D eigenvalue weighted by atomic mass is 32.2. The highest BCUT2D eigenvalue weighted by Crippen LogP contribution is 2.27. The number of benzene rings is 2. The molecule has 0 heterocycles. The third-order valence-electron chi connectivity index (χ3n) is 3.93. The van der Waals surface area contributed by atoms with Gasteiger partial charge in [-0.05, 0) is 67.4 Å². The fourth-order valence-electron chi connectivity index (χ4n) is 2.60. The number of rotatable bonds is 8. The maximum atomic E-state index is 12.2. The van der Waals surface area contributed by atoms with E-state index < -0.39 is 24.6 Å². The van der Waals surface area contributed by atoms with E-state index in [-0.39, 0.29) is 0 Å². The Balaban J connectivity index is 1.92. The summed E-state index contributed by atoms with van der Waals surface area (Å²) >= 11 is 1.06. The molecular formula is C21H22N2O4S. The number of carbonyl (C=O) groups excluding carboxylic acids is 2. The number of esters is 1. The summed E-state index contributed by atoms with van der Waals surface area (Å²) in [6.45, 7) is 5.09. The number of anilines is 1. The van der Waals surface area contributed by atoms with Gasteiger partial charge in [0.25, 0.3) is 5.91 Å². The normalized spacial score (nSPS) is 11.2. The van der Waals surface area contributed by atoms with Gasteiger partial charge in [-0.15, -0.1) is 0 Å². The predicted octanol–water partition coefficient (Wildman–Crippen LogP) is 4.22. The molecule has 2 aromatic rings. The number of thioether (sulfide) groups is 1. The van der Waals surface area contributed by atoms with Crippen LogP contribution in [0.15, 0.2) is 47.4 Å². The number of thiocyanates is 1. The third kappa shape index (κ3) is 6.03. The van der Waals surface area contributed by atoms with Crippen molar-refractivity contribution in [2.45, 2.75) is 38.2 Å². The molecule has 7 heteroatoms. The number of nitrogens with zero attached hydrogens (tertiary/aromatic N) is 1. The standard InChI is InChI=1S/C21H22N2O4S/c1-4-18(27-16-8-6-5-7-9-16)21(25)26-12-19(24)23-20-14(2)10-17(28-13-22)11-15(20)3/h5-11,18H,4,12H2,1-3H3,(H,23,24)/t18-/m1/s1. The summed E-state index contributed by atoms with van der Waals surface area (Å²) in [5, 5.41) is 13.6. The average Bonchev–Trinajstić information content (AvgIpc) is 2.68. The third-order valence-corrected chi connectivity index (χ3v) is 4.50. The van der Waals surface area contributed by atoms with Crippen molar-refractivity contribution in [3.63, 3.8) is 0 Å². The number of nitriles is 1. The maximum absolute atomic E-state index is 12.2. The first-order valence-corrected chi connectivity index (χ1v) is 9.61. The van der Waals surface area contributed by atoms with Gasteiger partial charge in [0.1, 0.15) is 11.2 Å². The molecule has 28 heavy (non-hydrogen) atoms. The van der Waals surface area contributed by atoms with Crippen LogP contribution in [0.4, 0.5) is 5.69 Å². The quantitative estimate of drug-likeness (QED) is 0.407. The monoisotopic (exact) mass is 398 g/mol. The molecule has 6 nitrogen and oxygen atoms in total. The average molecular weight is 398 g/mol. The molecular weight excluding hydrogens is 376 g/mol. The summed E-state index contributed by atoms with van der Waals surface area (Å²) in [5.41, 5.74) is 2.31. The van der Waals surface area contributed by atoms with Crippen molar-refractivity contribution < 1.29 is 19.1 Å². The molecule has 0 radical (unpaired) electrons. The molecule has 2 aromatic carbocycles. The second kappa shape index (κ2) is 10.4. The Morgan fingerprint density at radius 3 is 2.39 bits per heavy atom. The Hall–Kier alpha value is -2.98. The van der Waals surface area contributed by atoms with E-state index in [1.807, 2.05) is 56.5 Å². The lowest BCUT2D eigenvalue weighted by atomic mass is 10.1. The number of para-hydroxylation sites is 1. The van der Waals surface area contributed by atoms with Crippen LogP contribution in [0.1, 0.15) is 24.5 Å². The van der Waals surface area contributed by atoms with Crippen molar-refractivity contribution in [2.24, 2.45) is 0 Å².